The van der Waals surface area contributed by atoms with E-state index in [-0.39, 0.29) is 0 Å². The predicted octanol–water partition coefficient (Wildman–Crippen LogP) is 4.53. The van der Waals surface area contributed by atoms with Gasteiger partial charge in [0.15, 0.2) is 0 Å². The zero-order chi connectivity index (χ0) is 17.0. The van der Waals surface area contributed by atoms with E-state index in [9.17, 15) is 0 Å². The van der Waals surface area contributed by atoms with Crippen molar-refractivity contribution in [3.05, 3.63) is 0 Å². The minimum absolute atomic E-state index is 0.458. The van der Waals surface area contributed by atoms with E-state index in [0.717, 1.165) is 23.2 Å². The molecule has 138 valence electrons. The molecule has 0 radical (unpaired) electrons. The Morgan fingerprint density at radius 1 is 0.625 bits per heavy atom. The first-order valence-corrected chi connectivity index (χ1v) is 12.1. The highest BCUT2D eigenvalue weighted by Gasteiger charge is 2.12. The van der Waals surface area contributed by atoms with Gasteiger partial charge in [0.25, 0.3) is 0 Å². The standard InChI is InChI=1S/C18H34N4S2/c19-17(21-15-9-5-1-2-6-10-15)13-23-24-14-18(20)22-16-11-7-3-4-8-12-16/h15-16H,1-14H2,(H2,19,21)(H2,20,22). The summed E-state index contributed by atoms with van der Waals surface area (Å²) in [5.41, 5.74) is 12.2. The maximum absolute atomic E-state index is 6.09. The molecule has 0 bridgehead atoms. The van der Waals surface area contributed by atoms with Gasteiger partial charge in [-0.3, -0.25) is 9.98 Å². The van der Waals surface area contributed by atoms with E-state index in [1.165, 1.54) is 77.0 Å². The quantitative estimate of drug-likeness (QED) is 0.227. The summed E-state index contributed by atoms with van der Waals surface area (Å²) in [5, 5.41) is 0. The molecule has 4 nitrogen and oxygen atoms in total. The summed E-state index contributed by atoms with van der Waals surface area (Å²) in [4.78, 5) is 9.43. The lowest BCUT2D eigenvalue weighted by Gasteiger charge is -2.11. The first-order chi connectivity index (χ1) is 11.7. The number of nitrogens with two attached hydrogens (primary N) is 2. The Balaban J connectivity index is 1.62. The number of hydrogen-bond donors (Lipinski definition) is 2. The number of amidine groups is 2. The lowest BCUT2D eigenvalue weighted by atomic mass is 10.1. The fourth-order valence-electron chi connectivity index (χ4n) is 3.52. The van der Waals surface area contributed by atoms with Crippen LogP contribution in [0, 0.1) is 0 Å². The molecule has 0 aromatic carbocycles. The number of nitrogens with zero attached hydrogens (tertiary/aromatic N) is 2. The van der Waals surface area contributed by atoms with Gasteiger partial charge in [-0.15, -0.1) is 0 Å². The molecule has 2 saturated carbocycles. The van der Waals surface area contributed by atoms with Gasteiger partial charge in [0, 0.05) is 0 Å². The van der Waals surface area contributed by atoms with Gasteiger partial charge in [-0.05, 0) is 25.7 Å². The van der Waals surface area contributed by atoms with Crippen molar-refractivity contribution < 1.29 is 0 Å². The molecular weight excluding hydrogens is 336 g/mol. The van der Waals surface area contributed by atoms with Crippen LogP contribution >= 0.6 is 21.6 Å². The Bertz CT molecular complexity index is 358. The van der Waals surface area contributed by atoms with Crippen molar-refractivity contribution >= 4 is 33.3 Å². The van der Waals surface area contributed by atoms with Crippen molar-refractivity contribution in [3.63, 3.8) is 0 Å². The van der Waals surface area contributed by atoms with Crippen LogP contribution in [0.5, 0.6) is 0 Å². The largest absolute Gasteiger partial charge is 0.387 e. The molecule has 4 N–H and O–H groups in total. The van der Waals surface area contributed by atoms with Gasteiger partial charge in [0.05, 0.1) is 23.6 Å². The molecule has 0 spiro atoms. The van der Waals surface area contributed by atoms with Crippen LogP contribution in [0.25, 0.3) is 0 Å². The van der Waals surface area contributed by atoms with E-state index in [2.05, 4.69) is 0 Å². The van der Waals surface area contributed by atoms with Crippen molar-refractivity contribution in [3.8, 4) is 0 Å². The van der Waals surface area contributed by atoms with Crippen molar-refractivity contribution in [2.45, 2.75) is 89.1 Å². The molecule has 2 aliphatic rings. The fourth-order valence-corrected chi connectivity index (χ4v) is 5.30. The Hall–Kier alpha value is -0.360. The van der Waals surface area contributed by atoms with Crippen LogP contribution in [0.4, 0.5) is 0 Å². The highest BCUT2D eigenvalue weighted by Crippen LogP contribution is 2.24. The lowest BCUT2D eigenvalue weighted by Crippen LogP contribution is -2.20. The maximum Gasteiger partial charge on any atom is 0.105 e. The third-order valence-corrected chi connectivity index (χ3v) is 7.04. The van der Waals surface area contributed by atoms with Gasteiger partial charge >= 0.3 is 0 Å². The summed E-state index contributed by atoms with van der Waals surface area (Å²) in [7, 11) is 3.50. The average Bonchev–Trinajstić information content (AvgIpc) is 2.96. The van der Waals surface area contributed by atoms with E-state index in [4.69, 9.17) is 21.5 Å². The van der Waals surface area contributed by atoms with Gasteiger partial charge in [-0.1, -0.05) is 73.0 Å². The molecule has 24 heavy (non-hydrogen) atoms. The minimum atomic E-state index is 0.458. The van der Waals surface area contributed by atoms with Crippen LogP contribution in [0.3, 0.4) is 0 Å². The molecule has 0 saturated heterocycles. The van der Waals surface area contributed by atoms with Gasteiger partial charge in [-0.2, -0.15) is 0 Å². The molecule has 0 aromatic heterocycles. The van der Waals surface area contributed by atoms with E-state index in [1.807, 2.05) is 0 Å². The number of rotatable bonds is 7. The first kappa shape index (κ1) is 20.0. The van der Waals surface area contributed by atoms with Gasteiger partial charge in [-0.25, -0.2) is 0 Å². The van der Waals surface area contributed by atoms with Crippen LogP contribution in [0.2, 0.25) is 0 Å². The smallest absolute Gasteiger partial charge is 0.105 e. The van der Waals surface area contributed by atoms with Gasteiger partial charge in [0.1, 0.15) is 11.7 Å². The summed E-state index contributed by atoms with van der Waals surface area (Å²) < 4.78 is 0. The van der Waals surface area contributed by atoms with Gasteiger partial charge in [0.2, 0.25) is 0 Å². The molecule has 2 rings (SSSR count). The minimum Gasteiger partial charge on any atom is -0.387 e. The predicted molar refractivity (Wildman–Crippen MR) is 111 cm³/mol. The number of aliphatic imine (C=N–C) groups is 2. The lowest BCUT2D eigenvalue weighted by molar-refractivity contribution is 0.585. The summed E-state index contributed by atoms with van der Waals surface area (Å²) in [6.07, 6.45) is 15.5. The Morgan fingerprint density at radius 2 is 0.958 bits per heavy atom. The van der Waals surface area contributed by atoms with Crippen LogP contribution in [0.1, 0.15) is 77.0 Å². The molecule has 2 aliphatic carbocycles. The van der Waals surface area contributed by atoms with Gasteiger partial charge < -0.3 is 11.5 Å². The van der Waals surface area contributed by atoms with Crippen LogP contribution in [-0.2, 0) is 0 Å². The van der Waals surface area contributed by atoms with Crippen LogP contribution < -0.4 is 11.5 Å². The Morgan fingerprint density at radius 3 is 1.29 bits per heavy atom. The topological polar surface area (TPSA) is 76.8 Å². The van der Waals surface area contributed by atoms with Crippen molar-refractivity contribution in [2.24, 2.45) is 21.5 Å². The van der Waals surface area contributed by atoms with E-state index >= 15 is 0 Å². The maximum atomic E-state index is 6.09. The Labute approximate surface area is 155 Å². The van der Waals surface area contributed by atoms with E-state index in [1.54, 1.807) is 21.6 Å². The normalized spacial score (nSPS) is 23.0. The van der Waals surface area contributed by atoms with Crippen molar-refractivity contribution in [2.75, 3.05) is 11.5 Å². The highest BCUT2D eigenvalue weighted by atomic mass is 33.1. The van der Waals surface area contributed by atoms with Crippen molar-refractivity contribution in [1.29, 1.82) is 0 Å². The summed E-state index contributed by atoms with van der Waals surface area (Å²) in [6.45, 7) is 0. The molecule has 6 heteroatoms. The average molecular weight is 371 g/mol. The molecule has 2 fully saturated rings. The molecule has 0 aliphatic heterocycles. The molecule has 0 atom stereocenters. The second kappa shape index (κ2) is 12.1. The summed E-state index contributed by atoms with van der Waals surface area (Å²) >= 11 is 0. The van der Waals surface area contributed by atoms with Crippen LogP contribution in [-0.4, -0.2) is 35.3 Å². The monoisotopic (exact) mass is 370 g/mol. The SMILES string of the molecule is NC(CSSCC(N)=NC1CCCCCC1)=NC1CCCCCC1. The third-order valence-electron chi connectivity index (χ3n) is 4.84. The third kappa shape index (κ3) is 8.65. The second-order valence-corrected chi connectivity index (χ2v) is 9.52. The summed E-state index contributed by atoms with van der Waals surface area (Å²) in [6, 6.07) is 0.917. The van der Waals surface area contributed by atoms with Crippen molar-refractivity contribution in [1.82, 2.24) is 0 Å². The molecule has 0 aromatic rings. The second-order valence-electron chi connectivity index (χ2n) is 7.06. The molecule has 0 unspecified atom stereocenters. The molecular formula is C18H34N4S2. The zero-order valence-corrected chi connectivity index (χ0v) is 16.6. The molecule has 0 amide bonds. The number of hydrogen-bond acceptors (Lipinski definition) is 4. The Kier molecular flexibility index (Phi) is 10.0. The molecule has 0 heterocycles. The summed E-state index contributed by atoms with van der Waals surface area (Å²) in [5.74, 6) is 3.16. The van der Waals surface area contributed by atoms with E-state index < -0.39 is 0 Å². The first-order valence-electron chi connectivity index (χ1n) is 9.63. The van der Waals surface area contributed by atoms with Crippen LogP contribution in [0.15, 0.2) is 9.98 Å². The highest BCUT2D eigenvalue weighted by molar-refractivity contribution is 8.77. The zero-order valence-electron chi connectivity index (χ0n) is 14.9. The fraction of sp³-hybridized carbons (Fsp3) is 0.889. The van der Waals surface area contributed by atoms with E-state index in [0.29, 0.717) is 12.1 Å².